The second-order valence-electron chi connectivity index (χ2n) is 5.98. The van der Waals surface area contributed by atoms with E-state index in [9.17, 15) is 19.2 Å². The maximum Gasteiger partial charge on any atom is 0.330 e. The van der Waals surface area contributed by atoms with Gasteiger partial charge in [-0.3, -0.25) is 14.9 Å². The fourth-order valence-electron chi connectivity index (χ4n) is 3.27. The van der Waals surface area contributed by atoms with Gasteiger partial charge in [0.15, 0.2) is 6.61 Å². The summed E-state index contributed by atoms with van der Waals surface area (Å²) in [6, 6.07) is 8.17. The van der Waals surface area contributed by atoms with Crippen molar-refractivity contribution in [3.63, 3.8) is 0 Å². The molecule has 138 valence electrons. The van der Waals surface area contributed by atoms with Gasteiger partial charge in [0.1, 0.15) is 10.9 Å². The zero-order chi connectivity index (χ0) is 18.7. The highest BCUT2D eigenvalue weighted by molar-refractivity contribution is 8.00. The zero-order valence-electron chi connectivity index (χ0n) is 14.2. The van der Waals surface area contributed by atoms with Gasteiger partial charge in [0.25, 0.3) is 5.91 Å². The van der Waals surface area contributed by atoms with E-state index < -0.39 is 35.4 Å². The molecule has 26 heavy (non-hydrogen) atoms. The van der Waals surface area contributed by atoms with Crippen molar-refractivity contribution in [2.75, 3.05) is 19.4 Å². The molecular formula is C17H19N3O5S. The highest BCUT2D eigenvalue weighted by Gasteiger charge is 2.57. The van der Waals surface area contributed by atoms with Crippen LogP contribution in [0.1, 0.15) is 18.4 Å². The average molecular weight is 377 g/mol. The van der Waals surface area contributed by atoms with Gasteiger partial charge >= 0.3 is 12.0 Å². The SMILES string of the molecule is CNC(=O)NC(=O)COC(=O)[C@H]1CS[C@@]2(c3ccccc3)CCC(=O)N12. The van der Waals surface area contributed by atoms with Gasteiger partial charge in [-0.05, 0) is 12.0 Å². The lowest BCUT2D eigenvalue weighted by Crippen LogP contribution is -2.47. The molecule has 0 bridgehead atoms. The minimum absolute atomic E-state index is 0.101. The van der Waals surface area contributed by atoms with Gasteiger partial charge in [-0.25, -0.2) is 9.59 Å². The van der Waals surface area contributed by atoms with Crippen LogP contribution in [-0.4, -0.2) is 54.2 Å². The van der Waals surface area contributed by atoms with Gasteiger partial charge in [0, 0.05) is 19.2 Å². The molecule has 2 N–H and O–H groups in total. The average Bonchev–Trinajstić information content (AvgIpc) is 3.20. The lowest BCUT2D eigenvalue weighted by Gasteiger charge is -2.33. The highest BCUT2D eigenvalue weighted by atomic mass is 32.2. The number of rotatable bonds is 4. The summed E-state index contributed by atoms with van der Waals surface area (Å²) >= 11 is 1.54. The summed E-state index contributed by atoms with van der Waals surface area (Å²) in [5, 5.41) is 4.24. The summed E-state index contributed by atoms with van der Waals surface area (Å²) in [5.74, 6) is -1.07. The number of amides is 4. The Morgan fingerprint density at radius 2 is 2.04 bits per heavy atom. The molecule has 2 atom stereocenters. The van der Waals surface area contributed by atoms with Crippen molar-refractivity contribution in [1.29, 1.82) is 0 Å². The van der Waals surface area contributed by atoms with Crippen LogP contribution < -0.4 is 10.6 Å². The molecule has 0 aliphatic carbocycles. The molecule has 9 heteroatoms. The topological polar surface area (TPSA) is 105 Å². The predicted molar refractivity (Wildman–Crippen MR) is 94.0 cm³/mol. The monoisotopic (exact) mass is 377 g/mol. The van der Waals surface area contributed by atoms with E-state index in [4.69, 9.17) is 4.74 Å². The fraction of sp³-hybridized carbons (Fsp3) is 0.412. The van der Waals surface area contributed by atoms with Crippen LogP contribution >= 0.6 is 11.8 Å². The molecule has 2 aliphatic rings. The van der Waals surface area contributed by atoms with Crippen LogP contribution in [0.5, 0.6) is 0 Å². The van der Waals surface area contributed by atoms with Gasteiger partial charge < -0.3 is 15.0 Å². The van der Waals surface area contributed by atoms with E-state index in [1.54, 1.807) is 16.7 Å². The van der Waals surface area contributed by atoms with Crippen LogP contribution in [0.3, 0.4) is 0 Å². The number of esters is 1. The summed E-state index contributed by atoms with van der Waals surface area (Å²) < 4.78 is 5.03. The fourth-order valence-corrected chi connectivity index (χ4v) is 4.91. The van der Waals surface area contributed by atoms with Crippen molar-refractivity contribution < 1.29 is 23.9 Å². The molecule has 2 saturated heterocycles. The quantitative estimate of drug-likeness (QED) is 0.744. The molecule has 0 radical (unpaired) electrons. The Kier molecular flexibility index (Phi) is 5.17. The Balaban J connectivity index is 1.70. The highest BCUT2D eigenvalue weighted by Crippen LogP contribution is 2.54. The van der Waals surface area contributed by atoms with Crippen molar-refractivity contribution in [3.05, 3.63) is 35.9 Å². The maximum atomic E-state index is 12.5. The van der Waals surface area contributed by atoms with E-state index in [1.807, 2.05) is 35.6 Å². The number of imide groups is 1. The first-order valence-corrected chi connectivity index (χ1v) is 9.16. The van der Waals surface area contributed by atoms with Crippen LogP contribution in [0.15, 0.2) is 30.3 Å². The number of ether oxygens (including phenoxy) is 1. The van der Waals surface area contributed by atoms with Gasteiger partial charge in [-0.1, -0.05) is 30.3 Å². The Labute approximate surface area is 154 Å². The minimum atomic E-state index is -0.747. The van der Waals surface area contributed by atoms with Crippen molar-refractivity contribution in [3.8, 4) is 0 Å². The van der Waals surface area contributed by atoms with Crippen molar-refractivity contribution in [2.45, 2.75) is 23.8 Å². The molecule has 8 nitrogen and oxygen atoms in total. The van der Waals surface area contributed by atoms with E-state index in [2.05, 4.69) is 5.32 Å². The first kappa shape index (κ1) is 18.2. The van der Waals surface area contributed by atoms with Crippen molar-refractivity contribution >= 4 is 35.6 Å². The number of nitrogens with zero attached hydrogens (tertiary/aromatic N) is 1. The third-order valence-electron chi connectivity index (χ3n) is 4.45. The zero-order valence-corrected chi connectivity index (χ0v) is 15.0. The number of carbonyl (C=O) groups is 4. The van der Waals surface area contributed by atoms with Crippen LogP contribution in [0.2, 0.25) is 0 Å². The summed E-state index contributed by atoms with van der Waals surface area (Å²) in [5.41, 5.74) is 0.975. The number of fused-ring (bicyclic) bond motifs is 1. The molecule has 0 saturated carbocycles. The number of hydrogen-bond acceptors (Lipinski definition) is 6. The molecule has 1 aromatic rings. The Morgan fingerprint density at radius 3 is 2.73 bits per heavy atom. The normalized spacial score (nSPS) is 24.1. The van der Waals surface area contributed by atoms with Crippen LogP contribution in [0.4, 0.5) is 4.79 Å². The predicted octanol–water partition coefficient (Wildman–Crippen LogP) is 0.576. The third kappa shape index (κ3) is 3.26. The molecule has 1 aromatic carbocycles. The Morgan fingerprint density at radius 1 is 1.31 bits per heavy atom. The Hall–Kier alpha value is -2.55. The first-order chi connectivity index (χ1) is 12.5. The molecular weight excluding hydrogens is 358 g/mol. The molecule has 0 spiro atoms. The molecule has 4 amide bonds. The molecule has 3 rings (SSSR count). The van der Waals surface area contributed by atoms with E-state index in [-0.39, 0.29) is 5.91 Å². The van der Waals surface area contributed by atoms with Crippen LogP contribution in [-0.2, 0) is 24.0 Å². The largest absolute Gasteiger partial charge is 0.454 e. The van der Waals surface area contributed by atoms with E-state index in [0.717, 1.165) is 5.56 Å². The maximum absolute atomic E-state index is 12.5. The standard InChI is InChI=1S/C17H19N3O5S/c1-18-16(24)19-13(21)9-25-15(23)12-10-26-17(8-7-14(22)20(12)17)11-5-3-2-4-6-11/h2-6,12H,7-10H2,1H3,(H2,18,19,21,24)/t12-,17-/m1/s1. The van der Waals surface area contributed by atoms with E-state index >= 15 is 0 Å². The van der Waals surface area contributed by atoms with Crippen molar-refractivity contribution in [1.82, 2.24) is 15.5 Å². The first-order valence-electron chi connectivity index (χ1n) is 8.18. The molecule has 2 fully saturated rings. The van der Waals surface area contributed by atoms with Crippen LogP contribution in [0.25, 0.3) is 0 Å². The van der Waals surface area contributed by atoms with Gasteiger partial charge in [0.2, 0.25) is 5.91 Å². The van der Waals surface area contributed by atoms with Gasteiger partial charge in [0.05, 0.1) is 0 Å². The molecule has 0 unspecified atom stereocenters. The molecule has 2 heterocycles. The summed E-state index contributed by atoms with van der Waals surface area (Å²) in [4.78, 5) is 48.6. The molecule has 2 aliphatic heterocycles. The summed E-state index contributed by atoms with van der Waals surface area (Å²) in [7, 11) is 1.37. The van der Waals surface area contributed by atoms with E-state index in [1.165, 1.54) is 7.05 Å². The number of hydrogen-bond donors (Lipinski definition) is 2. The second kappa shape index (κ2) is 7.36. The summed E-state index contributed by atoms with van der Waals surface area (Å²) in [6.07, 6.45) is 0.990. The van der Waals surface area contributed by atoms with Gasteiger partial charge in [-0.2, -0.15) is 0 Å². The third-order valence-corrected chi connectivity index (χ3v) is 6.05. The van der Waals surface area contributed by atoms with Crippen molar-refractivity contribution in [2.24, 2.45) is 0 Å². The number of benzene rings is 1. The lowest BCUT2D eigenvalue weighted by molar-refractivity contribution is -0.156. The number of urea groups is 1. The second-order valence-corrected chi connectivity index (χ2v) is 7.27. The molecule has 0 aromatic heterocycles. The van der Waals surface area contributed by atoms with E-state index in [0.29, 0.717) is 18.6 Å². The number of carbonyl (C=O) groups excluding carboxylic acids is 4. The van der Waals surface area contributed by atoms with Gasteiger partial charge in [-0.15, -0.1) is 11.8 Å². The number of nitrogens with one attached hydrogen (secondary N) is 2. The summed E-state index contributed by atoms with van der Waals surface area (Å²) in [6.45, 7) is -0.576. The number of thioether (sulfide) groups is 1. The van der Waals surface area contributed by atoms with Crippen LogP contribution in [0, 0.1) is 0 Å². The lowest BCUT2D eigenvalue weighted by atomic mass is 10.0. The smallest absolute Gasteiger partial charge is 0.330 e. The minimum Gasteiger partial charge on any atom is -0.454 e. The Bertz CT molecular complexity index is 741.